The molecule has 1 aromatic rings. The summed E-state index contributed by atoms with van der Waals surface area (Å²) >= 11 is 0. The van der Waals surface area contributed by atoms with Crippen molar-refractivity contribution in [3.8, 4) is 0 Å². The summed E-state index contributed by atoms with van der Waals surface area (Å²) in [6.07, 6.45) is 11.3. The number of aromatic nitrogens is 2. The van der Waals surface area contributed by atoms with Crippen LogP contribution in [0.2, 0.25) is 0 Å². The van der Waals surface area contributed by atoms with Gasteiger partial charge >= 0.3 is 0 Å². The first kappa shape index (κ1) is 11.9. The number of hydrogen-bond donors (Lipinski definition) is 2. The number of fused-ring (bicyclic) bond motifs is 1. The van der Waals surface area contributed by atoms with Crippen LogP contribution in [-0.4, -0.2) is 22.1 Å². The molecule has 3 rings (SSSR count). The van der Waals surface area contributed by atoms with E-state index in [1.54, 1.807) is 6.33 Å². The highest BCUT2D eigenvalue weighted by Crippen LogP contribution is 2.27. The van der Waals surface area contributed by atoms with E-state index in [0.717, 1.165) is 25.1 Å². The molecular weight excluding hydrogens is 224 g/mol. The summed E-state index contributed by atoms with van der Waals surface area (Å²) in [5.41, 5.74) is 8.77. The molecule has 4 heteroatoms. The zero-order chi connectivity index (χ0) is 12.4. The number of hydrogen-bond acceptors (Lipinski definition) is 4. The van der Waals surface area contributed by atoms with Gasteiger partial charge in [0, 0.05) is 23.3 Å². The normalized spacial score (nSPS) is 27.6. The molecule has 0 saturated heterocycles. The first-order chi connectivity index (χ1) is 8.84. The second-order valence-corrected chi connectivity index (χ2v) is 5.55. The van der Waals surface area contributed by atoms with Crippen molar-refractivity contribution in [1.82, 2.24) is 9.97 Å². The molecule has 1 fully saturated rings. The standard InChI is InChI=1S/C14H22N4/c15-11-6-2-4-8-13(11)18-14-10-5-1-3-7-12(10)16-9-17-14/h9,11,13H,1-8,15H2,(H,16,17,18). The second-order valence-electron chi connectivity index (χ2n) is 5.55. The van der Waals surface area contributed by atoms with Crippen LogP contribution in [0.3, 0.4) is 0 Å². The van der Waals surface area contributed by atoms with E-state index in [2.05, 4.69) is 15.3 Å². The number of nitrogens with zero attached hydrogens (tertiary/aromatic N) is 2. The molecule has 1 heterocycles. The fourth-order valence-electron chi connectivity index (χ4n) is 3.16. The fourth-order valence-corrected chi connectivity index (χ4v) is 3.16. The highest BCUT2D eigenvalue weighted by Gasteiger charge is 2.24. The molecule has 0 bridgehead atoms. The van der Waals surface area contributed by atoms with Gasteiger partial charge < -0.3 is 11.1 Å². The quantitative estimate of drug-likeness (QED) is 0.838. The van der Waals surface area contributed by atoms with Crippen molar-refractivity contribution in [2.75, 3.05) is 5.32 Å². The van der Waals surface area contributed by atoms with Crippen LogP contribution in [0.25, 0.3) is 0 Å². The smallest absolute Gasteiger partial charge is 0.133 e. The number of nitrogens with one attached hydrogen (secondary N) is 1. The van der Waals surface area contributed by atoms with Gasteiger partial charge in [0.05, 0.1) is 0 Å². The monoisotopic (exact) mass is 246 g/mol. The molecule has 0 spiro atoms. The number of nitrogens with two attached hydrogens (primary N) is 1. The van der Waals surface area contributed by atoms with Gasteiger partial charge in [0.15, 0.2) is 0 Å². The van der Waals surface area contributed by atoms with Crippen molar-refractivity contribution in [1.29, 1.82) is 0 Å². The molecular formula is C14H22N4. The zero-order valence-electron chi connectivity index (χ0n) is 10.9. The van der Waals surface area contributed by atoms with Crippen LogP contribution in [0.1, 0.15) is 49.8 Å². The van der Waals surface area contributed by atoms with Crippen molar-refractivity contribution >= 4 is 5.82 Å². The van der Waals surface area contributed by atoms with E-state index in [1.807, 2.05) is 0 Å². The molecule has 0 amide bonds. The summed E-state index contributed by atoms with van der Waals surface area (Å²) in [6, 6.07) is 0.660. The van der Waals surface area contributed by atoms with E-state index < -0.39 is 0 Å². The van der Waals surface area contributed by atoms with Gasteiger partial charge in [-0.1, -0.05) is 12.8 Å². The molecule has 98 valence electrons. The van der Waals surface area contributed by atoms with Gasteiger partial charge in [0.1, 0.15) is 12.1 Å². The number of anilines is 1. The molecule has 18 heavy (non-hydrogen) atoms. The van der Waals surface area contributed by atoms with E-state index in [1.165, 1.54) is 43.4 Å². The van der Waals surface area contributed by atoms with E-state index in [-0.39, 0.29) is 6.04 Å². The van der Waals surface area contributed by atoms with E-state index in [4.69, 9.17) is 5.73 Å². The maximum absolute atomic E-state index is 6.20. The molecule has 0 radical (unpaired) electrons. The van der Waals surface area contributed by atoms with Crippen LogP contribution < -0.4 is 11.1 Å². The Hall–Kier alpha value is -1.16. The minimum absolute atomic E-state index is 0.271. The maximum atomic E-state index is 6.20. The highest BCUT2D eigenvalue weighted by atomic mass is 15.1. The molecule has 0 aliphatic heterocycles. The van der Waals surface area contributed by atoms with Crippen molar-refractivity contribution in [3.63, 3.8) is 0 Å². The van der Waals surface area contributed by atoms with Gasteiger partial charge in [0.2, 0.25) is 0 Å². The van der Waals surface area contributed by atoms with E-state index >= 15 is 0 Å². The van der Waals surface area contributed by atoms with E-state index in [0.29, 0.717) is 6.04 Å². The molecule has 2 unspecified atom stereocenters. The topological polar surface area (TPSA) is 63.8 Å². The van der Waals surface area contributed by atoms with Crippen LogP contribution in [0.15, 0.2) is 6.33 Å². The number of rotatable bonds is 2. The van der Waals surface area contributed by atoms with Crippen molar-refractivity contribution in [2.45, 2.75) is 63.5 Å². The first-order valence-electron chi connectivity index (χ1n) is 7.19. The largest absolute Gasteiger partial charge is 0.365 e. The third-order valence-corrected chi connectivity index (χ3v) is 4.27. The average molecular weight is 246 g/mol. The molecule has 2 atom stereocenters. The second kappa shape index (κ2) is 5.22. The lowest BCUT2D eigenvalue weighted by Crippen LogP contribution is -2.43. The molecule has 3 N–H and O–H groups in total. The minimum atomic E-state index is 0.271. The lowest BCUT2D eigenvalue weighted by atomic mass is 9.90. The van der Waals surface area contributed by atoms with Crippen LogP contribution in [0, 0.1) is 0 Å². The Bertz CT molecular complexity index is 418. The summed E-state index contributed by atoms with van der Waals surface area (Å²) < 4.78 is 0. The van der Waals surface area contributed by atoms with Crippen LogP contribution in [0.5, 0.6) is 0 Å². The van der Waals surface area contributed by atoms with Crippen molar-refractivity contribution in [2.24, 2.45) is 5.73 Å². The van der Waals surface area contributed by atoms with E-state index in [9.17, 15) is 0 Å². The van der Waals surface area contributed by atoms with Gasteiger partial charge in [-0.25, -0.2) is 9.97 Å². The molecule has 4 nitrogen and oxygen atoms in total. The van der Waals surface area contributed by atoms with Gasteiger partial charge in [-0.3, -0.25) is 0 Å². The Morgan fingerprint density at radius 2 is 1.89 bits per heavy atom. The summed E-state index contributed by atoms with van der Waals surface area (Å²) in [4.78, 5) is 8.85. The average Bonchev–Trinajstić information content (AvgIpc) is 2.42. The third kappa shape index (κ3) is 2.34. The molecule has 1 aromatic heterocycles. The molecule has 2 aliphatic rings. The Morgan fingerprint density at radius 3 is 2.78 bits per heavy atom. The van der Waals surface area contributed by atoms with Gasteiger partial charge in [-0.2, -0.15) is 0 Å². The Kier molecular flexibility index (Phi) is 3.46. The Balaban J connectivity index is 1.79. The predicted molar refractivity (Wildman–Crippen MR) is 72.5 cm³/mol. The summed E-state index contributed by atoms with van der Waals surface area (Å²) in [6.45, 7) is 0. The van der Waals surface area contributed by atoms with Crippen LogP contribution in [0.4, 0.5) is 5.82 Å². The Morgan fingerprint density at radius 1 is 1.06 bits per heavy atom. The third-order valence-electron chi connectivity index (χ3n) is 4.27. The SMILES string of the molecule is NC1CCCCC1Nc1ncnc2c1CCCC2. The lowest BCUT2D eigenvalue weighted by Gasteiger charge is -2.31. The maximum Gasteiger partial charge on any atom is 0.133 e. The van der Waals surface area contributed by atoms with Crippen molar-refractivity contribution < 1.29 is 0 Å². The van der Waals surface area contributed by atoms with Gasteiger partial charge in [-0.15, -0.1) is 0 Å². The summed E-state index contributed by atoms with van der Waals surface area (Å²) in [5, 5.41) is 3.58. The first-order valence-corrected chi connectivity index (χ1v) is 7.19. The molecule has 0 aromatic carbocycles. The zero-order valence-corrected chi connectivity index (χ0v) is 10.9. The molecule has 2 aliphatic carbocycles. The summed E-state index contributed by atoms with van der Waals surface area (Å²) in [5.74, 6) is 1.04. The van der Waals surface area contributed by atoms with Crippen LogP contribution >= 0.6 is 0 Å². The number of aryl methyl sites for hydroxylation is 1. The fraction of sp³-hybridized carbons (Fsp3) is 0.714. The lowest BCUT2D eigenvalue weighted by molar-refractivity contribution is 0.403. The highest BCUT2D eigenvalue weighted by molar-refractivity contribution is 5.48. The van der Waals surface area contributed by atoms with Crippen molar-refractivity contribution in [3.05, 3.63) is 17.6 Å². The molecule has 1 saturated carbocycles. The predicted octanol–water partition coefficient (Wildman–Crippen LogP) is 2.04. The minimum Gasteiger partial charge on any atom is -0.365 e. The van der Waals surface area contributed by atoms with Crippen LogP contribution in [-0.2, 0) is 12.8 Å². The summed E-state index contributed by atoms with van der Waals surface area (Å²) in [7, 11) is 0. The Labute approximate surface area is 108 Å². The van der Waals surface area contributed by atoms with Gasteiger partial charge in [-0.05, 0) is 38.5 Å². The van der Waals surface area contributed by atoms with Gasteiger partial charge in [0.25, 0.3) is 0 Å².